The summed E-state index contributed by atoms with van der Waals surface area (Å²) >= 11 is 5.80. The second-order valence-electron chi connectivity index (χ2n) is 4.42. The molecule has 0 aliphatic carbocycles. The van der Waals surface area contributed by atoms with Gasteiger partial charge in [0.1, 0.15) is 0 Å². The Labute approximate surface area is 112 Å². The number of halogens is 1. The first-order chi connectivity index (χ1) is 8.49. The highest BCUT2D eigenvalue weighted by molar-refractivity contribution is 7.89. The molecule has 6 heteroatoms. The Hall–Kier alpha value is -0.620. The van der Waals surface area contributed by atoms with Gasteiger partial charge in [-0.1, -0.05) is 17.7 Å². The van der Waals surface area contributed by atoms with Gasteiger partial charge < -0.3 is 4.74 Å². The predicted octanol–water partition coefficient (Wildman–Crippen LogP) is 2.19. The van der Waals surface area contributed by atoms with Gasteiger partial charge in [0, 0.05) is 17.7 Å². The first kappa shape index (κ1) is 13.8. The third-order valence-corrected chi connectivity index (χ3v) is 4.76. The van der Waals surface area contributed by atoms with Crippen LogP contribution in [0.5, 0.6) is 0 Å². The molecule has 1 heterocycles. The third kappa shape index (κ3) is 3.23. The summed E-state index contributed by atoms with van der Waals surface area (Å²) in [5, 5.41) is 0.405. The molecule has 0 saturated carbocycles. The molecule has 4 nitrogen and oxygen atoms in total. The number of ether oxygens (including phenoxy) is 1. The van der Waals surface area contributed by atoms with E-state index in [4.69, 9.17) is 16.3 Å². The van der Waals surface area contributed by atoms with Crippen LogP contribution in [0, 0.1) is 0 Å². The van der Waals surface area contributed by atoms with Crippen molar-refractivity contribution >= 4 is 21.6 Å². The maximum atomic E-state index is 12.1. The molecule has 1 aliphatic rings. The van der Waals surface area contributed by atoms with Crippen LogP contribution in [0.1, 0.15) is 19.8 Å². The topological polar surface area (TPSA) is 55.4 Å². The molecule has 0 unspecified atom stereocenters. The van der Waals surface area contributed by atoms with Gasteiger partial charge in [-0.2, -0.15) is 0 Å². The minimum Gasteiger partial charge on any atom is -0.377 e. The van der Waals surface area contributed by atoms with Crippen molar-refractivity contribution in [2.24, 2.45) is 0 Å². The van der Waals surface area contributed by atoms with E-state index >= 15 is 0 Å². The Morgan fingerprint density at radius 3 is 2.89 bits per heavy atom. The summed E-state index contributed by atoms with van der Waals surface area (Å²) in [5.41, 5.74) is 0. The second-order valence-corrected chi connectivity index (χ2v) is 6.57. The number of benzene rings is 1. The van der Waals surface area contributed by atoms with Gasteiger partial charge in [0.05, 0.1) is 11.0 Å². The quantitative estimate of drug-likeness (QED) is 0.924. The first-order valence-electron chi connectivity index (χ1n) is 5.88. The lowest BCUT2D eigenvalue weighted by Crippen LogP contribution is -2.40. The SMILES string of the molecule is C[C@@H](NS(=O)(=O)c1cccc(Cl)c1)[C@@H]1CCCO1. The van der Waals surface area contributed by atoms with Crippen LogP contribution in [-0.4, -0.2) is 27.2 Å². The monoisotopic (exact) mass is 289 g/mol. The van der Waals surface area contributed by atoms with Gasteiger partial charge in [-0.15, -0.1) is 0 Å². The van der Waals surface area contributed by atoms with Gasteiger partial charge >= 0.3 is 0 Å². The predicted molar refractivity (Wildman–Crippen MR) is 70.2 cm³/mol. The molecule has 1 aliphatic heterocycles. The standard InChI is InChI=1S/C12H16ClNO3S/c1-9(12-6-3-7-17-12)14-18(15,16)11-5-2-4-10(13)8-11/h2,4-5,8-9,12,14H,3,6-7H2,1H3/t9-,12+/m1/s1. The number of hydrogen-bond donors (Lipinski definition) is 1. The van der Waals surface area contributed by atoms with Gasteiger partial charge in [-0.25, -0.2) is 13.1 Å². The highest BCUT2D eigenvalue weighted by atomic mass is 35.5. The van der Waals surface area contributed by atoms with Gasteiger partial charge in [0.15, 0.2) is 0 Å². The molecule has 1 N–H and O–H groups in total. The maximum Gasteiger partial charge on any atom is 0.240 e. The van der Waals surface area contributed by atoms with E-state index in [1.807, 2.05) is 6.92 Å². The number of hydrogen-bond acceptors (Lipinski definition) is 3. The van der Waals surface area contributed by atoms with Gasteiger partial charge in [-0.05, 0) is 38.0 Å². The van der Waals surface area contributed by atoms with Gasteiger partial charge in [0.2, 0.25) is 10.0 Å². The fourth-order valence-electron chi connectivity index (χ4n) is 2.02. The molecular formula is C12H16ClNO3S. The summed E-state index contributed by atoms with van der Waals surface area (Å²) in [5.74, 6) is 0. The molecule has 0 spiro atoms. The average Bonchev–Trinajstić information content (AvgIpc) is 2.82. The Balaban J connectivity index is 2.11. The van der Waals surface area contributed by atoms with E-state index in [0.29, 0.717) is 11.6 Å². The Morgan fingerprint density at radius 2 is 2.28 bits per heavy atom. The third-order valence-electron chi connectivity index (χ3n) is 2.97. The zero-order chi connectivity index (χ0) is 13.2. The highest BCUT2D eigenvalue weighted by Crippen LogP contribution is 2.19. The van der Waals surface area contributed by atoms with Crippen molar-refractivity contribution in [1.29, 1.82) is 0 Å². The summed E-state index contributed by atoms with van der Waals surface area (Å²) in [6.07, 6.45) is 1.83. The van der Waals surface area contributed by atoms with E-state index in [-0.39, 0.29) is 17.0 Å². The van der Waals surface area contributed by atoms with Gasteiger partial charge in [-0.3, -0.25) is 0 Å². The lowest BCUT2D eigenvalue weighted by Gasteiger charge is -2.19. The van der Waals surface area contributed by atoms with E-state index in [2.05, 4.69) is 4.72 Å². The van der Waals surface area contributed by atoms with Crippen molar-refractivity contribution in [3.63, 3.8) is 0 Å². The summed E-state index contributed by atoms with van der Waals surface area (Å²) in [7, 11) is -3.53. The maximum absolute atomic E-state index is 12.1. The van der Waals surface area contributed by atoms with Crippen LogP contribution < -0.4 is 4.72 Å². The van der Waals surface area contributed by atoms with Crippen LogP contribution in [0.15, 0.2) is 29.2 Å². The lowest BCUT2D eigenvalue weighted by molar-refractivity contribution is 0.0902. The van der Waals surface area contributed by atoms with Crippen molar-refractivity contribution < 1.29 is 13.2 Å². The number of rotatable bonds is 4. The van der Waals surface area contributed by atoms with E-state index in [1.165, 1.54) is 12.1 Å². The largest absolute Gasteiger partial charge is 0.377 e. The molecule has 0 amide bonds. The molecule has 18 heavy (non-hydrogen) atoms. The van der Waals surface area contributed by atoms with Crippen LogP contribution in [0.25, 0.3) is 0 Å². The molecule has 0 aromatic heterocycles. The summed E-state index contributed by atoms with van der Waals surface area (Å²) in [6.45, 7) is 2.52. The fourth-order valence-corrected chi connectivity index (χ4v) is 3.59. The van der Waals surface area contributed by atoms with Gasteiger partial charge in [0.25, 0.3) is 0 Å². The zero-order valence-electron chi connectivity index (χ0n) is 10.1. The summed E-state index contributed by atoms with van der Waals surface area (Å²) in [4.78, 5) is 0.180. The first-order valence-corrected chi connectivity index (χ1v) is 7.75. The molecule has 2 rings (SSSR count). The van der Waals surface area contributed by atoms with E-state index in [1.54, 1.807) is 12.1 Å². The second kappa shape index (κ2) is 5.57. The van der Waals surface area contributed by atoms with E-state index in [0.717, 1.165) is 12.8 Å². The van der Waals surface area contributed by atoms with Crippen LogP contribution in [0.2, 0.25) is 5.02 Å². The molecule has 1 aromatic rings. The smallest absolute Gasteiger partial charge is 0.240 e. The van der Waals surface area contributed by atoms with E-state index < -0.39 is 10.0 Å². The minimum absolute atomic E-state index is 0.0426. The lowest BCUT2D eigenvalue weighted by atomic mass is 10.1. The van der Waals surface area contributed by atoms with Crippen molar-refractivity contribution in [2.45, 2.75) is 36.8 Å². The van der Waals surface area contributed by atoms with Crippen LogP contribution in [-0.2, 0) is 14.8 Å². The fraction of sp³-hybridized carbons (Fsp3) is 0.500. The molecule has 1 fully saturated rings. The highest BCUT2D eigenvalue weighted by Gasteiger charge is 2.26. The van der Waals surface area contributed by atoms with Crippen molar-refractivity contribution in [3.05, 3.63) is 29.3 Å². The Bertz CT molecular complexity index is 512. The van der Waals surface area contributed by atoms with Crippen molar-refractivity contribution in [3.8, 4) is 0 Å². The normalized spacial score (nSPS) is 22.0. The molecular weight excluding hydrogens is 274 g/mol. The molecule has 100 valence electrons. The number of sulfonamides is 1. The van der Waals surface area contributed by atoms with Crippen molar-refractivity contribution in [1.82, 2.24) is 4.72 Å². The molecule has 1 aromatic carbocycles. The number of nitrogens with one attached hydrogen (secondary N) is 1. The minimum atomic E-state index is -3.53. The zero-order valence-corrected chi connectivity index (χ0v) is 11.7. The van der Waals surface area contributed by atoms with Crippen LogP contribution in [0.3, 0.4) is 0 Å². The Morgan fingerprint density at radius 1 is 1.50 bits per heavy atom. The Kier molecular flexibility index (Phi) is 4.27. The molecule has 2 atom stereocenters. The van der Waals surface area contributed by atoms with Crippen LogP contribution >= 0.6 is 11.6 Å². The van der Waals surface area contributed by atoms with Crippen LogP contribution in [0.4, 0.5) is 0 Å². The molecule has 1 saturated heterocycles. The van der Waals surface area contributed by atoms with E-state index in [9.17, 15) is 8.42 Å². The average molecular weight is 290 g/mol. The van der Waals surface area contributed by atoms with Crippen molar-refractivity contribution in [2.75, 3.05) is 6.61 Å². The molecule has 0 radical (unpaired) electrons. The summed E-state index contributed by atoms with van der Waals surface area (Å²) in [6, 6.07) is 5.98. The molecule has 0 bridgehead atoms. The summed E-state index contributed by atoms with van der Waals surface area (Å²) < 4.78 is 32.3.